The second kappa shape index (κ2) is 7.37. The molecule has 0 heterocycles. The summed E-state index contributed by atoms with van der Waals surface area (Å²) >= 11 is 2.10. The van der Waals surface area contributed by atoms with Crippen LogP contribution in [0.15, 0.2) is 18.2 Å². The van der Waals surface area contributed by atoms with Gasteiger partial charge in [-0.25, -0.2) is 0 Å². The molecule has 1 aromatic rings. The Morgan fingerprint density at radius 2 is 2.20 bits per heavy atom. The number of nitrogens with one attached hydrogen (secondary N) is 1. The Morgan fingerprint density at radius 1 is 1.40 bits per heavy atom. The largest absolute Gasteiger partial charge is 0.496 e. The first-order valence-corrected chi connectivity index (χ1v) is 8.72. The molecule has 1 fully saturated rings. The summed E-state index contributed by atoms with van der Waals surface area (Å²) in [6.45, 7) is 6.65. The highest BCUT2D eigenvalue weighted by molar-refractivity contribution is 7.99. The topological polar surface area (TPSA) is 21.3 Å². The van der Waals surface area contributed by atoms with Crippen LogP contribution in [-0.4, -0.2) is 24.2 Å². The standard InChI is InChI=1S/C17H27NOS/c1-5-20-17-8-6-7-15(17)18-13(3)14-11-12(2)9-10-16(14)19-4/h9-11,13,15,17-18H,5-8H2,1-4H3. The van der Waals surface area contributed by atoms with Crippen LogP contribution >= 0.6 is 11.8 Å². The van der Waals surface area contributed by atoms with Gasteiger partial charge in [-0.3, -0.25) is 0 Å². The van der Waals surface area contributed by atoms with Gasteiger partial charge < -0.3 is 10.1 Å². The molecule has 0 spiro atoms. The van der Waals surface area contributed by atoms with Crippen LogP contribution in [0, 0.1) is 6.92 Å². The lowest BCUT2D eigenvalue weighted by Crippen LogP contribution is -2.36. The first-order valence-electron chi connectivity index (χ1n) is 7.68. The summed E-state index contributed by atoms with van der Waals surface area (Å²) in [4.78, 5) is 0. The van der Waals surface area contributed by atoms with Gasteiger partial charge in [0.05, 0.1) is 7.11 Å². The molecular formula is C17H27NOS. The summed E-state index contributed by atoms with van der Waals surface area (Å²) in [6, 6.07) is 7.41. The van der Waals surface area contributed by atoms with Gasteiger partial charge in [0.25, 0.3) is 0 Å². The van der Waals surface area contributed by atoms with Crippen LogP contribution in [0.2, 0.25) is 0 Å². The van der Waals surface area contributed by atoms with Crippen LogP contribution in [0.3, 0.4) is 0 Å². The van der Waals surface area contributed by atoms with Gasteiger partial charge in [-0.1, -0.05) is 31.0 Å². The summed E-state index contributed by atoms with van der Waals surface area (Å²) in [5, 5.41) is 4.61. The molecule has 0 aliphatic heterocycles. The van der Waals surface area contributed by atoms with Crippen molar-refractivity contribution in [3.63, 3.8) is 0 Å². The van der Waals surface area contributed by atoms with Crippen molar-refractivity contribution < 1.29 is 4.74 Å². The molecular weight excluding hydrogens is 266 g/mol. The minimum atomic E-state index is 0.341. The third-order valence-electron chi connectivity index (χ3n) is 4.15. The van der Waals surface area contributed by atoms with Crippen LogP contribution in [-0.2, 0) is 0 Å². The molecule has 0 bridgehead atoms. The molecule has 1 aliphatic rings. The Bertz CT molecular complexity index is 435. The maximum Gasteiger partial charge on any atom is 0.123 e. The molecule has 0 radical (unpaired) electrons. The third kappa shape index (κ3) is 3.70. The van der Waals surface area contributed by atoms with E-state index in [1.807, 2.05) is 0 Å². The van der Waals surface area contributed by atoms with Crippen molar-refractivity contribution >= 4 is 11.8 Å². The van der Waals surface area contributed by atoms with E-state index in [4.69, 9.17) is 4.74 Å². The number of hydrogen-bond acceptors (Lipinski definition) is 3. The molecule has 3 heteroatoms. The van der Waals surface area contributed by atoms with Gasteiger partial charge in [-0.15, -0.1) is 0 Å². The second-order valence-electron chi connectivity index (χ2n) is 5.66. The zero-order valence-electron chi connectivity index (χ0n) is 13.1. The van der Waals surface area contributed by atoms with E-state index in [1.54, 1.807) is 7.11 Å². The summed E-state index contributed by atoms with van der Waals surface area (Å²) in [6.07, 6.45) is 4.01. The molecule has 0 aromatic heterocycles. The van der Waals surface area contributed by atoms with Crippen molar-refractivity contribution in [2.45, 2.75) is 57.4 Å². The van der Waals surface area contributed by atoms with Gasteiger partial charge in [-0.2, -0.15) is 11.8 Å². The molecule has 112 valence electrons. The fourth-order valence-electron chi connectivity index (χ4n) is 3.13. The van der Waals surface area contributed by atoms with Crippen molar-refractivity contribution in [1.82, 2.24) is 5.32 Å². The molecule has 0 saturated heterocycles. The number of methoxy groups -OCH3 is 1. The Kier molecular flexibility index (Phi) is 5.79. The molecule has 1 aromatic carbocycles. The highest BCUT2D eigenvalue weighted by Gasteiger charge is 2.28. The second-order valence-corrected chi connectivity index (χ2v) is 7.18. The van der Waals surface area contributed by atoms with E-state index >= 15 is 0 Å². The van der Waals surface area contributed by atoms with E-state index in [-0.39, 0.29) is 0 Å². The zero-order chi connectivity index (χ0) is 14.5. The van der Waals surface area contributed by atoms with Crippen LogP contribution in [0.4, 0.5) is 0 Å². The van der Waals surface area contributed by atoms with Gasteiger partial charge in [-0.05, 0) is 38.5 Å². The minimum absolute atomic E-state index is 0.341. The summed E-state index contributed by atoms with van der Waals surface area (Å²) in [5.74, 6) is 2.21. The fraction of sp³-hybridized carbons (Fsp3) is 0.647. The number of thioether (sulfide) groups is 1. The Labute approximate surface area is 127 Å². The predicted octanol–water partition coefficient (Wildman–Crippen LogP) is 4.33. The van der Waals surface area contributed by atoms with Crippen molar-refractivity contribution in [3.05, 3.63) is 29.3 Å². The van der Waals surface area contributed by atoms with E-state index in [1.165, 1.54) is 36.1 Å². The van der Waals surface area contributed by atoms with E-state index in [9.17, 15) is 0 Å². The molecule has 2 rings (SSSR count). The molecule has 3 unspecified atom stereocenters. The average Bonchev–Trinajstić information content (AvgIpc) is 2.86. The van der Waals surface area contributed by atoms with Crippen molar-refractivity contribution in [2.75, 3.05) is 12.9 Å². The molecule has 1 aliphatic carbocycles. The first kappa shape index (κ1) is 15.7. The quantitative estimate of drug-likeness (QED) is 0.843. The lowest BCUT2D eigenvalue weighted by atomic mass is 10.0. The average molecular weight is 293 g/mol. The van der Waals surface area contributed by atoms with Gasteiger partial charge >= 0.3 is 0 Å². The highest BCUT2D eigenvalue weighted by atomic mass is 32.2. The SMILES string of the molecule is CCSC1CCCC1NC(C)c1cc(C)ccc1OC. The molecule has 1 N–H and O–H groups in total. The Balaban J connectivity index is 2.07. The van der Waals surface area contributed by atoms with E-state index < -0.39 is 0 Å². The van der Waals surface area contributed by atoms with Crippen LogP contribution < -0.4 is 10.1 Å². The lowest BCUT2D eigenvalue weighted by Gasteiger charge is -2.26. The van der Waals surface area contributed by atoms with Crippen molar-refractivity contribution in [3.8, 4) is 5.75 Å². The lowest BCUT2D eigenvalue weighted by molar-refractivity contribution is 0.394. The zero-order valence-corrected chi connectivity index (χ0v) is 13.9. The van der Waals surface area contributed by atoms with Crippen LogP contribution in [0.1, 0.15) is 50.3 Å². The monoisotopic (exact) mass is 293 g/mol. The van der Waals surface area contributed by atoms with Gasteiger partial charge in [0, 0.05) is 22.9 Å². The Morgan fingerprint density at radius 3 is 2.90 bits per heavy atom. The molecule has 3 atom stereocenters. The summed E-state index contributed by atoms with van der Waals surface area (Å²) in [7, 11) is 1.76. The smallest absolute Gasteiger partial charge is 0.123 e. The number of ether oxygens (including phenoxy) is 1. The highest BCUT2D eigenvalue weighted by Crippen LogP contribution is 2.33. The van der Waals surface area contributed by atoms with E-state index in [0.29, 0.717) is 12.1 Å². The fourth-order valence-corrected chi connectivity index (χ4v) is 4.34. The third-order valence-corrected chi connectivity index (χ3v) is 5.47. The number of rotatable bonds is 6. The number of benzene rings is 1. The van der Waals surface area contributed by atoms with E-state index in [2.05, 4.69) is 56.0 Å². The van der Waals surface area contributed by atoms with Crippen LogP contribution in [0.25, 0.3) is 0 Å². The molecule has 20 heavy (non-hydrogen) atoms. The van der Waals surface area contributed by atoms with Gasteiger partial charge in [0.1, 0.15) is 5.75 Å². The maximum atomic E-state index is 5.52. The Hall–Kier alpha value is -0.670. The van der Waals surface area contributed by atoms with E-state index in [0.717, 1.165) is 11.0 Å². The molecule has 0 amide bonds. The van der Waals surface area contributed by atoms with Gasteiger partial charge in [0.2, 0.25) is 0 Å². The van der Waals surface area contributed by atoms with Crippen LogP contribution in [0.5, 0.6) is 5.75 Å². The molecule has 1 saturated carbocycles. The summed E-state index contributed by atoms with van der Waals surface area (Å²) < 4.78 is 5.52. The maximum absolute atomic E-state index is 5.52. The molecule has 2 nitrogen and oxygen atoms in total. The van der Waals surface area contributed by atoms with Crippen molar-refractivity contribution in [2.24, 2.45) is 0 Å². The minimum Gasteiger partial charge on any atom is -0.496 e. The predicted molar refractivity (Wildman–Crippen MR) is 88.8 cm³/mol. The van der Waals surface area contributed by atoms with Crippen molar-refractivity contribution in [1.29, 1.82) is 0 Å². The number of aryl methyl sites for hydroxylation is 1. The van der Waals surface area contributed by atoms with Gasteiger partial charge in [0.15, 0.2) is 0 Å². The summed E-state index contributed by atoms with van der Waals surface area (Å²) in [5.41, 5.74) is 2.57. The number of hydrogen-bond donors (Lipinski definition) is 1. The normalized spacial score (nSPS) is 23.8. The first-order chi connectivity index (χ1) is 9.65.